The Hall–Kier alpha value is -6.98. The molecule has 0 unspecified atom stereocenters. The van der Waals surface area contributed by atoms with Gasteiger partial charge in [-0.2, -0.15) is 0 Å². The maximum Gasteiger partial charge on any atom is 0.179 e. The number of thiophene rings is 1. The second kappa shape index (κ2) is 13.0. The zero-order chi connectivity index (χ0) is 46.0. The molecule has 0 saturated heterocycles. The number of hydrogen-bond donors (Lipinski definition) is 0. The topological polar surface area (TPSA) is 9.86 Å². The fourth-order valence-electron chi connectivity index (χ4n) is 9.19. The van der Waals surface area contributed by atoms with Gasteiger partial charge in [-0.05, 0) is 63.2 Å². The second-order valence-corrected chi connectivity index (χ2v) is 19.2. The van der Waals surface area contributed by atoms with Gasteiger partial charge in [-0.15, -0.1) is 11.3 Å². The Kier molecular flexibility index (Phi) is 5.69. The molecule has 0 aliphatic rings. The van der Waals surface area contributed by atoms with Gasteiger partial charge in [-0.25, -0.2) is 0 Å². The van der Waals surface area contributed by atoms with Crippen molar-refractivity contribution in [2.24, 2.45) is 0 Å². The highest BCUT2D eigenvalue weighted by Gasteiger charge is 2.41. The monoisotopic (exact) mass is 781 g/mol. The molecular formula is C54H36N2SSi. The summed E-state index contributed by atoms with van der Waals surface area (Å²) < 4.78 is 92.2. The van der Waals surface area contributed by atoms with E-state index >= 15 is 0 Å². The second-order valence-electron chi connectivity index (χ2n) is 14.5. The van der Waals surface area contributed by atoms with Gasteiger partial charge in [-0.3, -0.25) is 0 Å². The van der Waals surface area contributed by atoms with Gasteiger partial charge in [0.15, 0.2) is 8.07 Å². The van der Waals surface area contributed by atoms with Crippen molar-refractivity contribution in [3.8, 4) is 11.4 Å². The van der Waals surface area contributed by atoms with Crippen molar-refractivity contribution < 1.29 is 12.3 Å². The van der Waals surface area contributed by atoms with Crippen LogP contribution in [0.3, 0.4) is 0 Å². The maximum atomic E-state index is 10.2. The van der Waals surface area contributed by atoms with Gasteiger partial charge >= 0.3 is 0 Å². The average molecular weight is 782 g/mol. The van der Waals surface area contributed by atoms with E-state index in [9.17, 15) is 8.22 Å². The quantitative estimate of drug-likeness (QED) is 0.117. The van der Waals surface area contributed by atoms with E-state index in [2.05, 4.69) is 71.3 Å². The third-order valence-electron chi connectivity index (χ3n) is 11.6. The molecule has 2 nitrogen and oxygen atoms in total. The van der Waals surface area contributed by atoms with E-state index in [-0.39, 0.29) is 40.2 Å². The van der Waals surface area contributed by atoms with Gasteiger partial charge in [0.2, 0.25) is 0 Å². The third kappa shape index (κ3) is 4.70. The van der Waals surface area contributed by atoms with E-state index < -0.39 is 38.3 Å². The van der Waals surface area contributed by atoms with Crippen molar-refractivity contribution in [2.75, 3.05) is 0 Å². The van der Waals surface area contributed by atoms with E-state index in [1.807, 2.05) is 53.1 Å². The summed E-state index contributed by atoms with van der Waals surface area (Å²) in [5.41, 5.74) is 4.60. The highest BCUT2D eigenvalue weighted by Crippen LogP contribution is 2.47. The minimum atomic E-state index is -4.32. The number of fused-ring (bicyclic) bond motifs is 10. The van der Waals surface area contributed by atoms with Crippen LogP contribution in [0.2, 0.25) is 0 Å². The van der Waals surface area contributed by atoms with E-state index in [1.165, 1.54) is 0 Å². The zero-order valence-corrected chi connectivity index (χ0v) is 32.7. The van der Waals surface area contributed by atoms with Crippen LogP contribution in [0.25, 0.3) is 75.2 Å². The summed E-state index contributed by atoms with van der Waals surface area (Å²) in [4.78, 5) is 0. The molecular weight excluding hydrogens is 737 g/mol. The molecule has 0 aliphatic heterocycles. The smallest absolute Gasteiger partial charge is 0.179 e. The predicted octanol–water partition coefficient (Wildman–Crippen LogP) is 11.6. The maximum absolute atomic E-state index is 10.2. The van der Waals surface area contributed by atoms with E-state index in [0.29, 0.717) is 15.9 Å². The van der Waals surface area contributed by atoms with Gasteiger partial charge in [0.05, 0.1) is 44.8 Å². The fourth-order valence-corrected chi connectivity index (χ4v) is 14.5. The van der Waals surface area contributed by atoms with Crippen molar-refractivity contribution in [3.05, 3.63) is 218 Å². The Morgan fingerprint density at radius 1 is 0.414 bits per heavy atom. The molecule has 0 aliphatic carbocycles. The van der Waals surface area contributed by atoms with E-state index in [0.717, 1.165) is 64.0 Å². The molecule has 0 radical (unpaired) electrons. The lowest BCUT2D eigenvalue weighted by Crippen LogP contribution is -2.74. The van der Waals surface area contributed by atoms with Crippen molar-refractivity contribution in [1.29, 1.82) is 0 Å². The number of para-hydroxylation sites is 3. The van der Waals surface area contributed by atoms with Crippen LogP contribution in [0.5, 0.6) is 0 Å². The molecule has 12 aromatic rings. The van der Waals surface area contributed by atoms with Gasteiger partial charge < -0.3 is 9.13 Å². The minimum absolute atomic E-state index is 0.00253. The normalized spacial score (nSPS) is 14.3. The Morgan fingerprint density at radius 3 is 1.50 bits per heavy atom. The molecule has 3 aromatic heterocycles. The van der Waals surface area contributed by atoms with Crippen molar-refractivity contribution >= 4 is 104 Å². The molecule has 12 rings (SSSR count). The minimum Gasteiger partial charge on any atom is -0.309 e. The number of hydrogen-bond acceptors (Lipinski definition) is 1. The zero-order valence-electron chi connectivity index (χ0n) is 39.9. The summed E-state index contributed by atoms with van der Waals surface area (Å²) in [5, 5.41) is 6.99. The fraction of sp³-hybridized carbons (Fsp3) is 0. The first-order chi connectivity index (χ1) is 32.5. The molecule has 0 fully saturated rings. The van der Waals surface area contributed by atoms with Crippen LogP contribution < -0.4 is 20.7 Å². The van der Waals surface area contributed by atoms with Gasteiger partial charge in [-0.1, -0.05) is 176 Å². The Morgan fingerprint density at radius 2 is 0.897 bits per heavy atom. The first kappa shape index (κ1) is 25.3. The molecule has 0 spiro atoms. The van der Waals surface area contributed by atoms with Crippen molar-refractivity contribution in [1.82, 2.24) is 9.13 Å². The molecule has 4 heteroatoms. The number of benzene rings is 9. The highest BCUT2D eigenvalue weighted by molar-refractivity contribution is 7.26. The van der Waals surface area contributed by atoms with E-state index in [1.54, 1.807) is 59.9 Å². The summed E-state index contributed by atoms with van der Waals surface area (Å²) in [7, 11) is -4.32. The number of nitrogens with zero attached hydrogens (tertiary/aromatic N) is 2. The third-order valence-corrected chi connectivity index (χ3v) is 17.2. The van der Waals surface area contributed by atoms with Crippen molar-refractivity contribution in [2.45, 2.75) is 0 Å². The average Bonchev–Trinajstić information content (AvgIpc) is 4.02. The Labute approximate surface area is 353 Å². The van der Waals surface area contributed by atoms with Crippen molar-refractivity contribution in [3.63, 3.8) is 0 Å². The Balaban J connectivity index is 1.25. The molecule has 9 aromatic carbocycles. The Bertz CT molecular complexity index is 3900. The molecule has 0 atom stereocenters. The van der Waals surface area contributed by atoms with E-state index in [4.69, 9.17) is 4.11 Å². The molecule has 58 heavy (non-hydrogen) atoms. The lowest BCUT2D eigenvalue weighted by Gasteiger charge is -2.34. The van der Waals surface area contributed by atoms with Crippen LogP contribution in [0.15, 0.2) is 218 Å². The number of rotatable bonds is 6. The SMILES string of the molecule is [2H]c1c([2H])c([2H])c([Si](c2ccccc2)(c2ccccc2)c2c([2H])c([2H])c(-n3c4ccccc4c4cc(-n5c6ccccc6c6ccccc65)c5sc6ccccc6c5c43)c([2H])c2[2H])c([2H])c1[2H]. The predicted molar refractivity (Wildman–Crippen MR) is 252 cm³/mol. The molecule has 0 saturated carbocycles. The summed E-state index contributed by atoms with van der Waals surface area (Å²) in [6.45, 7) is 0. The highest BCUT2D eigenvalue weighted by atomic mass is 32.1. The van der Waals surface area contributed by atoms with Crippen LogP contribution >= 0.6 is 11.3 Å². The lowest BCUT2D eigenvalue weighted by molar-refractivity contribution is 1.18. The first-order valence-electron chi connectivity index (χ1n) is 23.7. The molecule has 0 bridgehead atoms. The largest absolute Gasteiger partial charge is 0.309 e. The van der Waals surface area contributed by atoms with Crippen LogP contribution in [0.4, 0.5) is 0 Å². The van der Waals surface area contributed by atoms with Gasteiger partial charge in [0.25, 0.3) is 0 Å². The summed E-state index contributed by atoms with van der Waals surface area (Å²) in [6.07, 6.45) is 0. The summed E-state index contributed by atoms with van der Waals surface area (Å²) >= 11 is 1.68. The molecule has 0 N–H and O–H groups in total. The van der Waals surface area contributed by atoms with Crippen LogP contribution in [-0.2, 0) is 0 Å². The molecule has 0 amide bonds. The van der Waals surface area contributed by atoms with Crippen LogP contribution in [-0.4, -0.2) is 17.2 Å². The summed E-state index contributed by atoms with van der Waals surface area (Å²) in [5.74, 6) is 0. The standard InChI is InChI=1S/C54H36N2SSi/c1-4-18-38(19-5-1)58(39-20-6-2-7-21-39,40-22-8-3-9-23-40)41-34-32-37(33-35-41)55-47-28-14-12-26-44(47)46-36-50(54-52(53(46)55)45-27-13-17-31-51(45)57-54)56-48-29-15-10-24-42(48)43-25-11-16-30-49(43)56/h1-36H/i1D,4D,5D,18D,19D,32D,33D,34D,35D. The first-order valence-corrected chi connectivity index (χ1v) is 22.0. The number of aromatic nitrogens is 2. The molecule has 272 valence electrons. The molecule has 3 heterocycles. The lowest BCUT2D eigenvalue weighted by atomic mass is 10.1. The summed E-state index contributed by atoms with van der Waals surface area (Å²) in [6, 6.07) is 49.4. The van der Waals surface area contributed by atoms with Gasteiger partial charge in [0.1, 0.15) is 0 Å². The van der Waals surface area contributed by atoms with Crippen LogP contribution in [0, 0.1) is 0 Å². The van der Waals surface area contributed by atoms with Crippen LogP contribution in [0.1, 0.15) is 12.3 Å². The van der Waals surface area contributed by atoms with Gasteiger partial charge in [0, 0.05) is 42.7 Å².